The van der Waals surface area contributed by atoms with E-state index in [1.165, 1.54) is 0 Å². The zero-order valence-corrected chi connectivity index (χ0v) is 10.2. The summed E-state index contributed by atoms with van der Waals surface area (Å²) < 4.78 is 0. The Morgan fingerprint density at radius 2 is 2.19 bits per heavy atom. The number of hydrogen-bond donors (Lipinski definition) is 1. The average molecular weight is 241 g/mol. The van der Waals surface area contributed by atoms with Crippen LogP contribution in [0.5, 0.6) is 0 Å². The molecule has 4 heteroatoms. The summed E-state index contributed by atoms with van der Waals surface area (Å²) in [6.07, 6.45) is 3.57. The molecule has 0 bridgehead atoms. The second-order valence-corrected chi connectivity index (χ2v) is 4.78. The maximum Gasteiger partial charge on any atom is 0.147 e. The molecular formula is C12H17ClN2O. The van der Waals surface area contributed by atoms with Crippen molar-refractivity contribution in [1.29, 1.82) is 0 Å². The lowest BCUT2D eigenvalue weighted by Gasteiger charge is -2.34. The maximum absolute atomic E-state index is 9.53. The number of aliphatic hydroxyl groups is 1. The van der Waals surface area contributed by atoms with Crippen molar-refractivity contribution in [3.05, 3.63) is 23.4 Å². The number of aromatic nitrogens is 1. The highest BCUT2D eigenvalue weighted by molar-refractivity contribution is 6.32. The Hall–Kier alpha value is -0.800. The van der Waals surface area contributed by atoms with Crippen molar-refractivity contribution in [3.8, 4) is 0 Å². The van der Waals surface area contributed by atoms with Gasteiger partial charge in [0.25, 0.3) is 0 Å². The first-order valence-corrected chi connectivity index (χ1v) is 6.10. The second-order valence-electron chi connectivity index (χ2n) is 4.37. The van der Waals surface area contributed by atoms with Crippen LogP contribution in [0.25, 0.3) is 0 Å². The van der Waals surface area contributed by atoms with E-state index in [0.717, 1.165) is 31.7 Å². The highest BCUT2D eigenvalue weighted by atomic mass is 35.5. The van der Waals surface area contributed by atoms with Gasteiger partial charge in [0.1, 0.15) is 5.82 Å². The highest BCUT2D eigenvalue weighted by Gasteiger charge is 2.24. The van der Waals surface area contributed by atoms with Crippen LogP contribution in [0.2, 0.25) is 5.02 Å². The van der Waals surface area contributed by atoms with Crippen LogP contribution in [0.1, 0.15) is 19.8 Å². The van der Waals surface area contributed by atoms with Gasteiger partial charge in [0.05, 0.1) is 11.1 Å². The molecule has 0 aromatic carbocycles. The number of aliphatic hydroxyl groups excluding tert-OH is 1. The lowest BCUT2D eigenvalue weighted by atomic mass is 9.92. The summed E-state index contributed by atoms with van der Waals surface area (Å²) >= 11 is 6.10. The van der Waals surface area contributed by atoms with Crippen molar-refractivity contribution in [1.82, 2.24) is 4.98 Å². The summed E-state index contributed by atoms with van der Waals surface area (Å²) in [6, 6.07) is 3.71. The minimum absolute atomic E-state index is 0.207. The molecule has 1 aliphatic heterocycles. The van der Waals surface area contributed by atoms with Gasteiger partial charge in [-0.25, -0.2) is 4.98 Å². The first kappa shape index (κ1) is 11.7. The first-order valence-electron chi connectivity index (χ1n) is 5.72. The second kappa shape index (κ2) is 5.02. The van der Waals surface area contributed by atoms with Crippen LogP contribution in [0.15, 0.2) is 18.3 Å². The van der Waals surface area contributed by atoms with Crippen LogP contribution in [-0.4, -0.2) is 29.3 Å². The number of anilines is 1. The molecule has 1 aromatic heterocycles. The van der Waals surface area contributed by atoms with Gasteiger partial charge in [0.2, 0.25) is 0 Å². The Morgan fingerprint density at radius 3 is 2.75 bits per heavy atom. The molecule has 0 aliphatic carbocycles. The summed E-state index contributed by atoms with van der Waals surface area (Å²) in [5, 5.41) is 10.2. The van der Waals surface area contributed by atoms with Crippen molar-refractivity contribution in [2.75, 3.05) is 18.0 Å². The van der Waals surface area contributed by atoms with E-state index in [4.69, 9.17) is 11.6 Å². The van der Waals surface area contributed by atoms with E-state index in [1.807, 2.05) is 19.1 Å². The summed E-state index contributed by atoms with van der Waals surface area (Å²) in [7, 11) is 0. The summed E-state index contributed by atoms with van der Waals surface area (Å²) in [5.74, 6) is 1.28. The van der Waals surface area contributed by atoms with E-state index in [1.54, 1.807) is 6.20 Å². The monoisotopic (exact) mass is 240 g/mol. The van der Waals surface area contributed by atoms with Gasteiger partial charge in [-0.3, -0.25) is 0 Å². The van der Waals surface area contributed by atoms with Crippen molar-refractivity contribution in [2.24, 2.45) is 5.92 Å². The molecule has 1 N–H and O–H groups in total. The van der Waals surface area contributed by atoms with Gasteiger partial charge in [-0.15, -0.1) is 0 Å². The summed E-state index contributed by atoms with van der Waals surface area (Å²) in [4.78, 5) is 6.50. The average Bonchev–Trinajstić information content (AvgIpc) is 2.30. The summed E-state index contributed by atoms with van der Waals surface area (Å²) in [5.41, 5.74) is 0. The smallest absolute Gasteiger partial charge is 0.147 e. The molecule has 1 atom stereocenters. The molecule has 0 saturated carbocycles. The predicted octanol–water partition coefficient (Wildman–Crippen LogP) is 2.33. The maximum atomic E-state index is 9.53. The van der Waals surface area contributed by atoms with Gasteiger partial charge in [0.15, 0.2) is 0 Å². The quantitative estimate of drug-likeness (QED) is 0.862. The lowest BCUT2D eigenvalue weighted by Crippen LogP contribution is -2.37. The van der Waals surface area contributed by atoms with Gasteiger partial charge in [-0.05, 0) is 37.8 Å². The van der Waals surface area contributed by atoms with Crippen LogP contribution in [0, 0.1) is 5.92 Å². The number of halogens is 1. The molecule has 1 aliphatic rings. The molecule has 2 rings (SSSR count). The molecular weight excluding hydrogens is 224 g/mol. The van der Waals surface area contributed by atoms with E-state index in [9.17, 15) is 5.11 Å². The lowest BCUT2D eigenvalue weighted by molar-refractivity contribution is 0.110. The molecule has 16 heavy (non-hydrogen) atoms. The van der Waals surface area contributed by atoms with Crippen LogP contribution in [-0.2, 0) is 0 Å². The number of nitrogens with zero attached hydrogens (tertiary/aromatic N) is 2. The van der Waals surface area contributed by atoms with Crippen molar-refractivity contribution < 1.29 is 5.11 Å². The Bertz CT molecular complexity index is 349. The van der Waals surface area contributed by atoms with Crippen molar-refractivity contribution in [3.63, 3.8) is 0 Å². The largest absolute Gasteiger partial charge is 0.393 e. The molecule has 0 spiro atoms. The normalized spacial score (nSPS) is 19.8. The number of hydrogen-bond acceptors (Lipinski definition) is 3. The van der Waals surface area contributed by atoms with E-state index < -0.39 is 0 Å². The third kappa shape index (κ3) is 2.47. The Balaban J connectivity index is 2.02. The molecule has 1 aromatic rings. The van der Waals surface area contributed by atoms with Crippen LogP contribution in [0.3, 0.4) is 0 Å². The molecule has 1 fully saturated rings. The van der Waals surface area contributed by atoms with Crippen LogP contribution < -0.4 is 4.90 Å². The standard InChI is InChI=1S/C12H17ClN2O/c1-9(16)10-4-7-15(8-5-10)12-11(13)3-2-6-14-12/h2-3,6,9-10,16H,4-5,7-8H2,1H3. The Labute approximate surface area is 101 Å². The van der Waals surface area contributed by atoms with Gasteiger partial charge >= 0.3 is 0 Å². The van der Waals surface area contributed by atoms with Crippen molar-refractivity contribution in [2.45, 2.75) is 25.9 Å². The molecule has 0 amide bonds. The first-order chi connectivity index (χ1) is 7.68. The molecule has 2 heterocycles. The molecule has 88 valence electrons. The van der Waals surface area contributed by atoms with Gasteiger partial charge in [-0.2, -0.15) is 0 Å². The number of rotatable bonds is 2. The van der Waals surface area contributed by atoms with Crippen molar-refractivity contribution >= 4 is 17.4 Å². The zero-order chi connectivity index (χ0) is 11.5. The molecule has 1 unspecified atom stereocenters. The van der Waals surface area contributed by atoms with Gasteiger partial charge in [-0.1, -0.05) is 11.6 Å². The van der Waals surface area contributed by atoms with E-state index in [0.29, 0.717) is 10.9 Å². The highest BCUT2D eigenvalue weighted by Crippen LogP contribution is 2.28. The summed E-state index contributed by atoms with van der Waals surface area (Å²) in [6.45, 7) is 3.71. The molecule has 1 saturated heterocycles. The minimum Gasteiger partial charge on any atom is -0.393 e. The van der Waals surface area contributed by atoms with E-state index in [2.05, 4.69) is 9.88 Å². The SMILES string of the molecule is CC(O)C1CCN(c2ncccc2Cl)CC1. The van der Waals surface area contributed by atoms with Crippen LogP contribution in [0.4, 0.5) is 5.82 Å². The molecule has 3 nitrogen and oxygen atoms in total. The van der Waals surface area contributed by atoms with Crippen LogP contribution >= 0.6 is 11.6 Å². The zero-order valence-electron chi connectivity index (χ0n) is 9.43. The van der Waals surface area contributed by atoms with Gasteiger partial charge in [0, 0.05) is 19.3 Å². The number of pyridine rings is 1. The van der Waals surface area contributed by atoms with E-state index in [-0.39, 0.29) is 6.10 Å². The fourth-order valence-electron chi connectivity index (χ4n) is 2.20. The fraction of sp³-hybridized carbons (Fsp3) is 0.583. The van der Waals surface area contributed by atoms with E-state index >= 15 is 0 Å². The topological polar surface area (TPSA) is 36.4 Å². The third-order valence-electron chi connectivity index (χ3n) is 3.26. The fourth-order valence-corrected chi connectivity index (χ4v) is 2.44. The number of piperidine rings is 1. The molecule has 0 radical (unpaired) electrons. The minimum atomic E-state index is -0.207. The Kier molecular flexibility index (Phi) is 3.66. The predicted molar refractivity (Wildman–Crippen MR) is 65.9 cm³/mol. The van der Waals surface area contributed by atoms with Gasteiger partial charge < -0.3 is 10.0 Å². The Morgan fingerprint density at radius 1 is 1.50 bits per heavy atom. The third-order valence-corrected chi connectivity index (χ3v) is 3.56.